The molecule has 0 saturated carbocycles. The number of carbonyl (C=O) groups is 2. The normalized spacial score (nSPS) is 18.9. The Kier molecular flexibility index (Phi) is 11.4. The minimum atomic E-state index is -0.240. The molecule has 4 rings (SSSR count). The minimum Gasteiger partial charge on any atom is -0.497 e. The van der Waals surface area contributed by atoms with Crippen LogP contribution in [-0.4, -0.2) is 74.9 Å². The number of ketones is 2. The number of hydrogen-bond donors (Lipinski definition) is 0. The van der Waals surface area contributed by atoms with Crippen LogP contribution in [0.2, 0.25) is 0 Å². The molecule has 0 aliphatic carbocycles. The third kappa shape index (κ3) is 8.64. The lowest BCUT2D eigenvalue weighted by atomic mass is 9.83. The second-order valence-corrected chi connectivity index (χ2v) is 11.2. The lowest BCUT2D eigenvalue weighted by Gasteiger charge is -2.31. The Morgan fingerprint density at radius 2 is 0.923 bits per heavy atom. The third-order valence-corrected chi connectivity index (χ3v) is 8.41. The lowest BCUT2D eigenvalue weighted by molar-refractivity contribution is 0.0775. The second-order valence-electron chi connectivity index (χ2n) is 11.2. The average molecular weight is 535 g/mol. The predicted molar refractivity (Wildman–Crippen MR) is 156 cm³/mol. The van der Waals surface area contributed by atoms with Crippen LogP contribution < -0.4 is 9.47 Å². The topological polar surface area (TPSA) is 59.1 Å². The van der Waals surface area contributed by atoms with Gasteiger partial charge in [0.25, 0.3) is 0 Å². The minimum absolute atomic E-state index is 0.130. The Balaban J connectivity index is 1.60. The summed E-state index contributed by atoms with van der Waals surface area (Å²) in [6.07, 6.45) is 10.3. The zero-order valence-electron chi connectivity index (χ0n) is 23.9. The maximum Gasteiger partial charge on any atom is 0.167 e. The molecule has 2 heterocycles. The van der Waals surface area contributed by atoms with Gasteiger partial charge in [0.2, 0.25) is 0 Å². The van der Waals surface area contributed by atoms with E-state index in [4.69, 9.17) is 9.47 Å². The van der Waals surface area contributed by atoms with Gasteiger partial charge in [0, 0.05) is 36.1 Å². The van der Waals surface area contributed by atoms with Crippen LogP contribution in [0.15, 0.2) is 48.5 Å². The molecular formula is C33H46N2O4. The van der Waals surface area contributed by atoms with E-state index >= 15 is 0 Å². The van der Waals surface area contributed by atoms with Gasteiger partial charge in [-0.1, -0.05) is 25.7 Å². The van der Waals surface area contributed by atoms with Crippen molar-refractivity contribution in [3.05, 3.63) is 59.7 Å². The zero-order chi connectivity index (χ0) is 27.5. The fourth-order valence-corrected chi connectivity index (χ4v) is 6.12. The molecule has 6 nitrogen and oxygen atoms in total. The summed E-state index contributed by atoms with van der Waals surface area (Å²) in [7, 11) is 3.27. The van der Waals surface area contributed by atoms with Crippen LogP contribution in [0.5, 0.6) is 11.5 Å². The summed E-state index contributed by atoms with van der Waals surface area (Å²) >= 11 is 0. The van der Waals surface area contributed by atoms with Crippen LogP contribution in [0.25, 0.3) is 0 Å². The van der Waals surface area contributed by atoms with E-state index in [1.807, 2.05) is 48.5 Å². The molecule has 0 unspecified atom stereocenters. The first-order valence-electron chi connectivity index (χ1n) is 14.9. The second kappa shape index (κ2) is 15.2. The van der Waals surface area contributed by atoms with Gasteiger partial charge >= 0.3 is 0 Å². The van der Waals surface area contributed by atoms with Crippen LogP contribution >= 0.6 is 0 Å². The number of nitrogens with zero attached hydrogens (tertiary/aromatic N) is 2. The first kappa shape index (κ1) is 29.3. The summed E-state index contributed by atoms with van der Waals surface area (Å²) in [6, 6.07) is 14.9. The third-order valence-electron chi connectivity index (χ3n) is 8.41. The number of hydrogen-bond acceptors (Lipinski definition) is 6. The summed E-state index contributed by atoms with van der Waals surface area (Å²) in [4.78, 5) is 33.0. The quantitative estimate of drug-likeness (QED) is 0.305. The Hall–Kier alpha value is -2.70. The van der Waals surface area contributed by atoms with Crippen molar-refractivity contribution in [1.82, 2.24) is 9.80 Å². The van der Waals surface area contributed by atoms with E-state index in [2.05, 4.69) is 9.80 Å². The van der Waals surface area contributed by atoms with Crippen molar-refractivity contribution < 1.29 is 19.1 Å². The van der Waals surface area contributed by atoms with Crippen molar-refractivity contribution in [2.45, 2.75) is 57.8 Å². The van der Waals surface area contributed by atoms with Gasteiger partial charge in [-0.2, -0.15) is 0 Å². The number of rotatable bonds is 12. The first-order chi connectivity index (χ1) is 19.1. The largest absolute Gasteiger partial charge is 0.497 e. The molecule has 2 fully saturated rings. The van der Waals surface area contributed by atoms with E-state index in [-0.39, 0.29) is 23.4 Å². The molecule has 2 aliphatic rings. The molecule has 39 heavy (non-hydrogen) atoms. The van der Waals surface area contributed by atoms with Gasteiger partial charge in [-0.3, -0.25) is 9.59 Å². The lowest BCUT2D eigenvalue weighted by Crippen LogP contribution is -2.39. The standard InChI is InChI=1S/C33H46N2O4/c1-38-30-15-11-26(12-16-30)32(36)28(24-34-19-7-3-4-8-20-34)23-29(25-35-21-9-5-6-10-22-35)33(37)27-13-17-31(39-2)18-14-27/h11-18,28-29H,3-10,19-25H2,1-2H3/t28-,29+. The fraction of sp³-hybridized carbons (Fsp3) is 0.576. The molecule has 2 aromatic rings. The smallest absolute Gasteiger partial charge is 0.167 e. The van der Waals surface area contributed by atoms with Crippen molar-refractivity contribution in [3.8, 4) is 11.5 Å². The average Bonchev–Trinajstić information content (AvgIpc) is 3.41. The van der Waals surface area contributed by atoms with E-state index < -0.39 is 0 Å². The molecule has 6 heteroatoms. The van der Waals surface area contributed by atoms with E-state index in [1.54, 1.807) is 14.2 Å². The van der Waals surface area contributed by atoms with Gasteiger partial charge in [0.05, 0.1) is 14.2 Å². The predicted octanol–water partition coefficient (Wildman–Crippen LogP) is 6.14. The van der Waals surface area contributed by atoms with Crippen molar-refractivity contribution in [2.75, 3.05) is 53.5 Å². The maximum absolute atomic E-state index is 14.0. The zero-order valence-corrected chi connectivity index (χ0v) is 23.9. The summed E-state index contributed by atoms with van der Waals surface area (Å²) in [5.41, 5.74) is 1.39. The van der Waals surface area contributed by atoms with Crippen LogP contribution in [0, 0.1) is 11.8 Å². The molecular weight excluding hydrogens is 488 g/mol. The summed E-state index contributed by atoms with van der Waals surface area (Å²) in [6.45, 7) is 5.50. The van der Waals surface area contributed by atoms with E-state index in [1.165, 1.54) is 51.4 Å². The van der Waals surface area contributed by atoms with E-state index in [0.29, 0.717) is 30.6 Å². The number of likely N-dealkylation sites (tertiary alicyclic amines) is 2. The summed E-state index contributed by atoms with van der Waals surface area (Å²) in [5, 5.41) is 0. The molecule has 0 aromatic heterocycles. The SMILES string of the molecule is COc1ccc(C(=O)[C@H](C[C@@H](CN2CCCCCC2)C(=O)c2ccc(OC)cc2)CN2CCCCCC2)cc1. The molecule has 0 spiro atoms. The van der Waals surface area contributed by atoms with E-state index in [0.717, 1.165) is 37.7 Å². The van der Waals surface area contributed by atoms with Gasteiger partial charge in [-0.15, -0.1) is 0 Å². The van der Waals surface area contributed by atoms with Gasteiger partial charge in [0.1, 0.15) is 11.5 Å². The van der Waals surface area contributed by atoms with Crippen LogP contribution in [0.3, 0.4) is 0 Å². The van der Waals surface area contributed by atoms with Crippen LogP contribution in [-0.2, 0) is 0 Å². The monoisotopic (exact) mass is 534 g/mol. The van der Waals surface area contributed by atoms with Gasteiger partial charge in [-0.05, 0) is 107 Å². The Labute approximate surface area is 234 Å². The number of benzene rings is 2. The number of carbonyl (C=O) groups excluding carboxylic acids is 2. The Morgan fingerprint density at radius 1 is 0.590 bits per heavy atom. The number of ether oxygens (including phenoxy) is 2. The fourth-order valence-electron chi connectivity index (χ4n) is 6.12. The Bertz CT molecular complexity index is 937. The molecule has 212 valence electrons. The van der Waals surface area contributed by atoms with Gasteiger partial charge < -0.3 is 19.3 Å². The Morgan fingerprint density at radius 3 is 1.23 bits per heavy atom. The molecule has 2 aliphatic heterocycles. The maximum atomic E-state index is 14.0. The number of Topliss-reactive ketones (excluding diaryl/α,β-unsaturated/α-hetero) is 2. The van der Waals surface area contributed by atoms with Crippen molar-refractivity contribution >= 4 is 11.6 Å². The number of methoxy groups -OCH3 is 2. The van der Waals surface area contributed by atoms with Crippen molar-refractivity contribution in [2.24, 2.45) is 11.8 Å². The molecule has 2 aromatic carbocycles. The summed E-state index contributed by atoms with van der Waals surface area (Å²) < 4.78 is 10.6. The highest BCUT2D eigenvalue weighted by molar-refractivity contribution is 6.00. The molecule has 0 radical (unpaired) electrons. The summed E-state index contributed by atoms with van der Waals surface area (Å²) in [5.74, 6) is 1.26. The molecule has 0 amide bonds. The van der Waals surface area contributed by atoms with Crippen LogP contribution in [0.4, 0.5) is 0 Å². The van der Waals surface area contributed by atoms with Gasteiger partial charge in [0.15, 0.2) is 11.6 Å². The molecule has 0 N–H and O–H groups in total. The first-order valence-corrected chi connectivity index (χ1v) is 14.9. The highest BCUT2D eigenvalue weighted by atomic mass is 16.5. The highest BCUT2D eigenvalue weighted by Crippen LogP contribution is 2.27. The van der Waals surface area contributed by atoms with Crippen LogP contribution in [0.1, 0.15) is 78.5 Å². The molecule has 2 saturated heterocycles. The van der Waals surface area contributed by atoms with Gasteiger partial charge in [-0.25, -0.2) is 0 Å². The molecule has 2 atom stereocenters. The van der Waals surface area contributed by atoms with Crippen molar-refractivity contribution in [1.29, 1.82) is 0 Å². The van der Waals surface area contributed by atoms with E-state index in [9.17, 15) is 9.59 Å². The highest BCUT2D eigenvalue weighted by Gasteiger charge is 2.32. The van der Waals surface area contributed by atoms with Crippen molar-refractivity contribution in [3.63, 3.8) is 0 Å². The molecule has 0 bridgehead atoms.